The summed E-state index contributed by atoms with van der Waals surface area (Å²) in [5.41, 5.74) is 1.98. The molecule has 0 saturated carbocycles. The molecule has 2 fully saturated rings. The first-order valence-corrected chi connectivity index (χ1v) is 9.67. The second-order valence-corrected chi connectivity index (χ2v) is 7.32. The van der Waals surface area contributed by atoms with E-state index in [1.165, 1.54) is 18.0 Å². The Hall–Kier alpha value is -3.69. The molecule has 0 spiro atoms. The molecule has 2 saturated heterocycles. The molecule has 0 bridgehead atoms. The number of imide groups is 1. The number of carbonyl (C=O) groups is 3. The van der Waals surface area contributed by atoms with Crippen LogP contribution in [-0.4, -0.2) is 89.1 Å². The minimum Gasteiger partial charge on any atom is -0.366 e. The van der Waals surface area contributed by atoms with Crippen molar-refractivity contribution >= 4 is 23.5 Å². The number of piperazine rings is 1. The Kier molecular flexibility index (Phi) is 5.21. The van der Waals surface area contributed by atoms with Crippen molar-refractivity contribution < 1.29 is 14.4 Å². The minimum atomic E-state index is -0.450. The lowest BCUT2D eigenvalue weighted by atomic mass is 10.1. The van der Waals surface area contributed by atoms with E-state index in [1.54, 1.807) is 4.90 Å². The Labute approximate surface area is 172 Å². The minimum absolute atomic E-state index is 0.00227. The third-order valence-corrected chi connectivity index (χ3v) is 5.33. The summed E-state index contributed by atoms with van der Waals surface area (Å²) >= 11 is 0. The van der Waals surface area contributed by atoms with E-state index in [-0.39, 0.29) is 30.5 Å². The zero-order chi connectivity index (χ0) is 21.3. The number of nitrogens with zero attached hydrogens (tertiary/aromatic N) is 5. The van der Waals surface area contributed by atoms with Gasteiger partial charge in [0.05, 0.1) is 5.69 Å². The highest BCUT2D eigenvalue weighted by Crippen LogP contribution is 2.27. The van der Waals surface area contributed by atoms with Gasteiger partial charge in [-0.25, -0.2) is 9.89 Å². The maximum atomic E-state index is 12.6. The number of H-pyrrole nitrogens is 1. The third-order valence-electron chi connectivity index (χ3n) is 5.33. The lowest BCUT2D eigenvalue weighted by molar-refractivity contribution is -0.136. The summed E-state index contributed by atoms with van der Waals surface area (Å²) < 4.78 is 0. The summed E-state index contributed by atoms with van der Waals surface area (Å²) in [6, 6.07) is 10.6. The smallest absolute Gasteiger partial charge is 0.327 e. The number of likely N-dealkylation sites (N-methyl/N-ethyl adjacent to an activating group) is 1. The molecule has 0 aliphatic carbocycles. The van der Waals surface area contributed by atoms with Crippen LogP contribution in [0.15, 0.2) is 41.2 Å². The van der Waals surface area contributed by atoms with Gasteiger partial charge in [-0.1, -0.05) is 30.3 Å². The van der Waals surface area contributed by atoms with Crippen molar-refractivity contribution in [3.63, 3.8) is 0 Å². The summed E-state index contributed by atoms with van der Waals surface area (Å²) in [7, 11) is 1.53. The van der Waals surface area contributed by atoms with Gasteiger partial charge in [-0.3, -0.25) is 19.3 Å². The van der Waals surface area contributed by atoms with Crippen molar-refractivity contribution in [3.8, 4) is 11.3 Å². The maximum Gasteiger partial charge on any atom is 0.327 e. The number of rotatable bonds is 4. The number of anilines is 1. The predicted octanol–water partition coefficient (Wildman–Crippen LogP) is -0.0205. The highest BCUT2D eigenvalue weighted by atomic mass is 16.2. The molecule has 10 nitrogen and oxygen atoms in total. The summed E-state index contributed by atoms with van der Waals surface area (Å²) in [5.74, 6) is -0.629. The van der Waals surface area contributed by atoms with Crippen LogP contribution in [0.4, 0.5) is 10.5 Å². The highest BCUT2D eigenvalue weighted by Gasteiger charge is 2.36. The Balaban J connectivity index is 1.45. The van der Waals surface area contributed by atoms with Crippen LogP contribution in [0.25, 0.3) is 11.3 Å². The van der Waals surface area contributed by atoms with Crippen LogP contribution in [-0.2, 0) is 9.59 Å². The lowest BCUT2D eigenvalue weighted by Gasteiger charge is -2.37. The van der Waals surface area contributed by atoms with Crippen LogP contribution in [0, 0.1) is 0 Å². The van der Waals surface area contributed by atoms with Gasteiger partial charge in [-0.05, 0) is 0 Å². The Morgan fingerprint density at radius 3 is 2.40 bits per heavy atom. The maximum absolute atomic E-state index is 12.6. The Morgan fingerprint density at radius 2 is 1.77 bits per heavy atom. The summed E-state index contributed by atoms with van der Waals surface area (Å²) in [6.07, 6.45) is 0. The molecule has 2 aliphatic rings. The molecule has 0 atom stereocenters. The second-order valence-electron chi connectivity index (χ2n) is 7.32. The van der Waals surface area contributed by atoms with Crippen LogP contribution in [0.1, 0.15) is 0 Å². The van der Waals surface area contributed by atoms with Crippen LogP contribution in [0.5, 0.6) is 0 Å². The molecule has 4 rings (SSSR count). The molecule has 156 valence electrons. The topological polar surface area (TPSA) is 110 Å². The van der Waals surface area contributed by atoms with Crippen molar-refractivity contribution in [2.24, 2.45) is 0 Å². The van der Waals surface area contributed by atoms with Gasteiger partial charge in [0.15, 0.2) is 0 Å². The Morgan fingerprint density at radius 1 is 1.07 bits per heavy atom. The fraction of sp³-hybridized carbons (Fsp3) is 0.350. The van der Waals surface area contributed by atoms with Gasteiger partial charge in [0.2, 0.25) is 5.91 Å². The zero-order valence-electron chi connectivity index (χ0n) is 16.6. The van der Waals surface area contributed by atoms with Crippen molar-refractivity contribution in [3.05, 3.63) is 46.8 Å². The standard InChI is InChI=1S/C20H22N6O4/c1-23-12-18(29)26(20(23)30)13-17(28)25-9-7-24(8-10-25)15-11-16(27)21-22-19(15)14-5-3-2-4-6-14/h2-6,11H,7-10,12-13H2,1H3,(H,21,27). The fourth-order valence-electron chi connectivity index (χ4n) is 3.70. The molecular weight excluding hydrogens is 388 g/mol. The SMILES string of the molecule is CN1CC(=O)N(CC(=O)N2CCN(c3cc(=O)[nH]nc3-c3ccccc3)CC2)C1=O. The molecule has 4 amide bonds. The summed E-state index contributed by atoms with van der Waals surface area (Å²) in [4.78, 5) is 54.3. The van der Waals surface area contributed by atoms with Gasteiger partial charge in [0, 0.05) is 44.9 Å². The number of carbonyl (C=O) groups excluding carboxylic acids is 3. The van der Waals surface area contributed by atoms with Crippen molar-refractivity contribution in [1.29, 1.82) is 0 Å². The fourth-order valence-corrected chi connectivity index (χ4v) is 3.70. The molecule has 1 aromatic carbocycles. The quantitative estimate of drug-likeness (QED) is 0.710. The number of hydrogen-bond donors (Lipinski definition) is 1. The van der Waals surface area contributed by atoms with E-state index in [0.717, 1.165) is 10.5 Å². The van der Waals surface area contributed by atoms with Crippen LogP contribution >= 0.6 is 0 Å². The second kappa shape index (κ2) is 7.97. The van der Waals surface area contributed by atoms with Gasteiger partial charge in [-0.2, -0.15) is 5.10 Å². The van der Waals surface area contributed by atoms with Crippen molar-refractivity contribution in [2.45, 2.75) is 0 Å². The van der Waals surface area contributed by atoms with Crippen molar-refractivity contribution in [1.82, 2.24) is 24.9 Å². The molecule has 1 N–H and O–H groups in total. The summed E-state index contributed by atoms with van der Waals surface area (Å²) in [5, 5.41) is 6.71. The third kappa shape index (κ3) is 3.76. The van der Waals surface area contributed by atoms with Crippen molar-refractivity contribution in [2.75, 3.05) is 51.2 Å². The molecule has 10 heteroatoms. The normalized spacial score (nSPS) is 17.1. The van der Waals surface area contributed by atoms with Crippen LogP contribution in [0.3, 0.4) is 0 Å². The highest BCUT2D eigenvalue weighted by molar-refractivity contribution is 6.04. The average molecular weight is 410 g/mol. The largest absolute Gasteiger partial charge is 0.366 e. The Bertz CT molecular complexity index is 1030. The van der Waals surface area contributed by atoms with Gasteiger partial charge in [-0.15, -0.1) is 0 Å². The van der Waals surface area contributed by atoms with E-state index in [0.29, 0.717) is 37.6 Å². The molecule has 1 aromatic heterocycles. The van der Waals surface area contributed by atoms with E-state index < -0.39 is 6.03 Å². The number of urea groups is 1. The molecule has 2 aliphatic heterocycles. The molecule has 3 heterocycles. The van der Waals surface area contributed by atoms with Gasteiger partial charge in [0.1, 0.15) is 18.8 Å². The molecular formula is C20H22N6O4. The van der Waals surface area contributed by atoms with Gasteiger partial charge >= 0.3 is 6.03 Å². The number of benzene rings is 1. The monoisotopic (exact) mass is 410 g/mol. The van der Waals surface area contributed by atoms with E-state index in [4.69, 9.17) is 0 Å². The number of aromatic nitrogens is 2. The van der Waals surface area contributed by atoms with Gasteiger partial charge in [0.25, 0.3) is 11.5 Å². The average Bonchev–Trinajstić information content (AvgIpc) is 3.00. The zero-order valence-corrected chi connectivity index (χ0v) is 16.6. The predicted molar refractivity (Wildman–Crippen MR) is 109 cm³/mol. The first-order valence-electron chi connectivity index (χ1n) is 9.67. The van der Waals surface area contributed by atoms with E-state index in [9.17, 15) is 19.2 Å². The lowest BCUT2D eigenvalue weighted by Crippen LogP contribution is -2.52. The first kappa shape index (κ1) is 19.6. The number of hydrogen-bond acceptors (Lipinski definition) is 6. The molecule has 2 aromatic rings. The molecule has 0 radical (unpaired) electrons. The number of nitrogens with one attached hydrogen (secondary N) is 1. The molecule has 30 heavy (non-hydrogen) atoms. The van der Waals surface area contributed by atoms with Crippen LogP contribution < -0.4 is 10.5 Å². The van der Waals surface area contributed by atoms with E-state index in [1.807, 2.05) is 35.2 Å². The van der Waals surface area contributed by atoms with Gasteiger partial charge < -0.3 is 14.7 Å². The van der Waals surface area contributed by atoms with E-state index >= 15 is 0 Å². The van der Waals surface area contributed by atoms with Crippen LogP contribution in [0.2, 0.25) is 0 Å². The number of amides is 4. The number of aromatic amines is 1. The molecule has 0 unspecified atom stereocenters. The first-order chi connectivity index (χ1) is 14.4. The summed E-state index contributed by atoms with van der Waals surface area (Å²) in [6.45, 7) is 1.62. The van der Waals surface area contributed by atoms with E-state index in [2.05, 4.69) is 10.2 Å².